The van der Waals surface area contributed by atoms with Crippen LogP contribution in [0.1, 0.15) is 9.67 Å². The SMILES string of the molecule is O=C(Nc1cccc2cccnc12)c1sccc1-n1ccc2cccnc21. The van der Waals surface area contributed by atoms with Crippen molar-refractivity contribution in [3.05, 3.63) is 83.4 Å². The van der Waals surface area contributed by atoms with Crippen LogP contribution in [-0.4, -0.2) is 20.4 Å². The van der Waals surface area contributed by atoms with Gasteiger partial charge in [-0.25, -0.2) is 4.98 Å². The van der Waals surface area contributed by atoms with E-state index in [9.17, 15) is 4.79 Å². The lowest BCUT2D eigenvalue weighted by Crippen LogP contribution is -2.13. The molecule has 0 atom stereocenters. The lowest BCUT2D eigenvalue weighted by atomic mass is 10.2. The van der Waals surface area contributed by atoms with Crippen molar-refractivity contribution in [1.29, 1.82) is 0 Å². The average molecular weight is 370 g/mol. The summed E-state index contributed by atoms with van der Waals surface area (Å²) in [5.41, 5.74) is 3.13. The first-order valence-corrected chi connectivity index (χ1v) is 9.34. The average Bonchev–Trinajstić information content (AvgIpc) is 3.35. The van der Waals surface area contributed by atoms with Crippen molar-refractivity contribution >= 4 is 44.9 Å². The van der Waals surface area contributed by atoms with Gasteiger partial charge in [-0.2, -0.15) is 0 Å². The number of carbonyl (C=O) groups excluding carboxylic acids is 1. The van der Waals surface area contributed by atoms with Gasteiger partial charge >= 0.3 is 0 Å². The standard InChI is InChI=1S/C21H14N4OS/c26-21(24-16-7-1-4-14-5-2-10-22-18(14)16)19-17(9-13-27-19)25-12-8-15-6-3-11-23-20(15)25/h1-13H,(H,24,26). The summed E-state index contributed by atoms with van der Waals surface area (Å²) in [6.07, 6.45) is 5.43. The maximum atomic E-state index is 13.0. The Balaban J connectivity index is 1.55. The van der Waals surface area contributed by atoms with Crippen LogP contribution in [0.2, 0.25) is 0 Å². The van der Waals surface area contributed by atoms with E-state index in [1.165, 1.54) is 11.3 Å². The number of benzene rings is 1. The van der Waals surface area contributed by atoms with Gasteiger partial charge in [0.05, 0.1) is 16.9 Å². The summed E-state index contributed by atoms with van der Waals surface area (Å²) in [4.78, 5) is 22.5. The topological polar surface area (TPSA) is 59.8 Å². The molecule has 5 aromatic rings. The molecule has 0 saturated heterocycles. The predicted octanol–water partition coefficient (Wildman–Crippen LogP) is 4.89. The fourth-order valence-electron chi connectivity index (χ4n) is 3.21. The number of amides is 1. The van der Waals surface area contributed by atoms with Gasteiger partial charge in [0.1, 0.15) is 10.5 Å². The van der Waals surface area contributed by atoms with Gasteiger partial charge in [-0.15, -0.1) is 11.3 Å². The highest BCUT2D eigenvalue weighted by atomic mass is 32.1. The van der Waals surface area contributed by atoms with E-state index in [1.807, 2.05) is 70.7 Å². The molecule has 0 radical (unpaired) electrons. The molecule has 0 fully saturated rings. The van der Waals surface area contributed by atoms with Crippen LogP contribution in [0.5, 0.6) is 0 Å². The minimum Gasteiger partial charge on any atom is -0.319 e. The molecule has 0 spiro atoms. The molecule has 1 N–H and O–H groups in total. The number of fused-ring (bicyclic) bond motifs is 2. The number of hydrogen-bond donors (Lipinski definition) is 1. The molecule has 0 saturated carbocycles. The summed E-state index contributed by atoms with van der Waals surface area (Å²) < 4.78 is 1.95. The third-order valence-corrected chi connectivity index (χ3v) is 5.34. The number of nitrogens with zero attached hydrogens (tertiary/aromatic N) is 3. The summed E-state index contributed by atoms with van der Waals surface area (Å²) >= 11 is 1.41. The molecule has 0 bridgehead atoms. The number of para-hydroxylation sites is 1. The second-order valence-electron chi connectivity index (χ2n) is 6.07. The van der Waals surface area contributed by atoms with Crippen molar-refractivity contribution in [3.8, 4) is 5.69 Å². The molecule has 5 nitrogen and oxygen atoms in total. The normalized spacial score (nSPS) is 11.1. The highest BCUT2D eigenvalue weighted by molar-refractivity contribution is 7.12. The Morgan fingerprint density at radius 3 is 2.67 bits per heavy atom. The van der Waals surface area contributed by atoms with Crippen molar-refractivity contribution in [2.45, 2.75) is 0 Å². The number of hydrogen-bond acceptors (Lipinski definition) is 4. The zero-order chi connectivity index (χ0) is 18.2. The Labute approximate surface area is 158 Å². The zero-order valence-corrected chi connectivity index (χ0v) is 15.0. The first-order chi connectivity index (χ1) is 13.3. The summed E-state index contributed by atoms with van der Waals surface area (Å²) in [6, 6.07) is 17.5. The zero-order valence-electron chi connectivity index (χ0n) is 14.2. The van der Waals surface area contributed by atoms with Gasteiger partial charge in [-0.05, 0) is 41.8 Å². The number of carbonyl (C=O) groups is 1. The Hall–Kier alpha value is -3.51. The quantitative estimate of drug-likeness (QED) is 0.492. The Kier molecular flexibility index (Phi) is 3.69. The first-order valence-electron chi connectivity index (χ1n) is 8.46. The molecule has 27 heavy (non-hydrogen) atoms. The number of pyridine rings is 2. The van der Waals surface area contributed by atoms with E-state index in [2.05, 4.69) is 15.3 Å². The molecule has 4 aromatic heterocycles. The van der Waals surface area contributed by atoms with Crippen LogP contribution >= 0.6 is 11.3 Å². The number of rotatable bonds is 3. The summed E-state index contributed by atoms with van der Waals surface area (Å²) in [6.45, 7) is 0. The summed E-state index contributed by atoms with van der Waals surface area (Å²) in [5.74, 6) is -0.157. The van der Waals surface area contributed by atoms with Crippen LogP contribution in [0.4, 0.5) is 5.69 Å². The van der Waals surface area contributed by atoms with Crippen LogP contribution in [-0.2, 0) is 0 Å². The molecule has 0 aliphatic carbocycles. The van der Waals surface area contributed by atoms with E-state index in [1.54, 1.807) is 12.4 Å². The van der Waals surface area contributed by atoms with E-state index in [0.29, 0.717) is 10.6 Å². The number of anilines is 1. The van der Waals surface area contributed by atoms with Crippen LogP contribution in [0.15, 0.2) is 78.6 Å². The number of thiophene rings is 1. The minimum absolute atomic E-state index is 0.157. The molecule has 0 unspecified atom stereocenters. The van der Waals surface area contributed by atoms with Gasteiger partial charge in [-0.3, -0.25) is 14.3 Å². The Morgan fingerprint density at radius 1 is 0.926 bits per heavy atom. The molecule has 130 valence electrons. The lowest BCUT2D eigenvalue weighted by molar-refractivity contribution is 0.103. The molecule has 0 aliphatic rings. The fraction of sp³-hybridized carbons (Fsp3) is 0. The van der Waals surface area contributed by atoms with Crippen molar-refractivity contribution in [2.24, 2.45) is 0 Å². The van der Waals surface area contributed by atoms with Crippen molar-refractivity contribution in [3.63, 3.8) is 0 Å². The second kappa shape index (κ2) is 6.34. The van der Waals surface area contributed by atoms with Gasteiger partial charge < -0.3 is 5.32 Å². The third kappa shape index (κ3) is 2.67. The number of nitrogens with one attached hydrogen (secondary N) is 1. The smallest absolute Gasteiger partial charge is 0.267 e. The van der Waals surface area contributed by atoms with Gasteiger partial charge in [0.15, 0.2) is 0 Å². The van der Waals surface area contributed by atoms with Crippen molar-refractivity contribution in [2.75, 3.05) is 5.32 Å². The molecule has 1 amide bonds. The van der Waals surface area contributed by atoms with Crippen LogP contribution in [0.25, 0.3) is 27.6 Å². The maximum Gasteiger partial charge on any atom is 0.267 e. The maximum absolute atomic E-state index is 13.0. The number of aromatic nitrogens is 3. The highest BCUT2D eigenvalue weighted by Crippen LogP contribution is 2.27. The van der Waals surface area contributed by atoms with Gasteiger partial charge in [0, 0.05) is 29.4 Å². The molecule has 4 heterocycles. The van der Waals surface area contributed by atoms with Gasteiger partial charge in [0.25, 0.3) is 5.91 Å². The molecule has 0 aliphatic heterocycles. The van der Waals surface area contributed by atoms with E-state index >= 15 is 0 Å². The van der Waals surface area contributed by atoms with Crippen LogP contribution < -0.4 is 5.32 Å². The fourth-order valence-corrected chi connectivity index (χ4v) is 3.99. The van der Waals surface area contributed by atoms with Crippen LogP contribution in [0.3, 0.4) is 0 Å². The Bertz CT molecular complexity index is 1280. The largest absolute Gasteiger partial charge is 0.319 e. The predicted molar refractivity (Wildman–Crippen MR) is 109 cm³/mol. The minimum atomic E-state index is -0.157. The van der Waals surface area contributed by atoms with Crippen LogP contribution in [0, 0.1) is 0 Å². The Morgan fingerprint density at radius 2 is 1.74 bits per heavy atom. The van der Waals surface area contributed by atoms with E-state index in [0.717, 1.165) is 27.6 Å². The van der Waals surface area contributed by atoms with E-state index in [-0.39, 0.29) is 5.91 Å². The third-order valence-electron chi connectivity index (χ3n) is 4.44. The van der Waals surface area contributed by atoms with Gasteiger partial charge in [-0.1, -0.05) is 18.2 Å². The first kappa shape index (κ1) is 15.7. The lowest BCUT2D eigenvalue weighted by Gasteiger charge is -2.09. The molecular weight excluding hydrogens is 356 g/mol. The monoisotopic (exact) mass is 370 g/mol. The molecule has 1 aromatic carbocycles. The molecule has 6 heteroatoms. The van der Waals surface area contributed by atoms with Crippen molar-refractivity contribution in [1.82, 2.24) is 14.5 Å². The van der Waals surface area contributed by atoms with E-state index in [4.69, 9.17) is 0 Å². The summed E-state index contributed by atoms with van der Waals surface area (Å²) in [7, 11) is 0. The summed E-state index contributed by atoms with van der Waals surface area (Å²) in [5, 5.41) is 6.95. The van der Waals surface area contributed by atoms with Crippen molar-refractivity contribution < 1.29 is 4.79 Å². The van der Waals surface area contributed by atoms with E-state index < -0.39 is 0 Å². The molecule has 5 rings (SSSR count). The van der Waals surface area contributed by atoms with Gasteiger partial charge in [0.2, 0.25) is 0 Å². The second-order valence-corrected chi connectivity index (χ2v) is 6.99. The molecular formula is C21H14N4OS. The highest BCUT2D eigenvalue weighted by Gasteiger charge is 2.17.